The normalized spacial score (nSPS) is 13.4. The van der Waals surface area contributed by atoms with Gasteiger partial charge in [-0.05, 0) is 24.3 Å². The van der Waals surface area contributed by atoms with Gasteiger partial charge >= 0.3 is 10.7 Å². The second-order valence-corrected chi connectivity index (χ2v) is 6.10. The molecular formula is C8H4F3N2O5S2-. The number of rotatable bonds is 2. The van der Waals surface area contributed by atoms with Gasteiger partial charge in [-0.25, -0.2) is 8.42 Å². The third-order valence-corrected chi connectivity index (χ3v) is 4.69. The Morgan fingerprint density at radius 2 is 1.80 bits per heavy atom. The van der Waals surface area contributed by atoms with Crippen LogP contribution in [-0.4, -0.2) is 32.7 Å². The smallest absolute Gasteiger partial charge is 0.573 e. The molecule has 0 saturated heterocycles. The van der Waals surface area contributed by atoms with Crippen molar-refractivity contribution in [3.05, 3.63) is 29.8 Å². The second-order valence-electron chi connectivity index (χ2n) is 3.12. The average molecular weight is 329 g/mol. The summed E-state index contributed by atoms with van der Waals surface area (Å²) in [6, 6.07) is 2.69. The van der Waals surface area contributed by atoms with Gasteiger partial charge in [-0.3, -0.25) is 4.21 Å². The molecule has 0 bridgehead atoms. The van der Waals surface area contributed by atoms with Crippen LogP contribution in [0.4, 0.5) is 13.2 Å². The summed E-state index contributed by atoms with van der Waals surface area (Å²) in [7, 11) is -4.66. The maximum Gasteiger partial charge on any atom is 0.573 e. The SMILES string of the molecule is [N-]=[N+]=C(S(=O)[O-])S(=O)(=O)c1ccc(OC(F)(F)F)cc1. The highest BCUT2D eigenvalue weighted by Gasteiger charge is 2.33. The monoisotopic (exact) mass is 329 g/mol. The highest BCUT2D eigenvalue weighted by Crippen LogP contribution is 2.24. The predicted octanol–water partition coefficient (Wildman–Crippen LogP) is 0.824. The number of alkyl halides is 3. The maximum absolute atomic E-state index is 11.9. The molecule has 0 N–H and O–H groups in total. The number of hydrogen-bond donors (Lipinski definition) is 0. The maximum atomic E-state index is 11.9. The fraction of sp³-hybridized carbons (Fsp3) is 0.125. The van der Waals surface area contributed by atoms with Crippen LogP contribution in [0.1, 0.15) is 0 Å². The molecule has 12 heteroatoms. The molecule has 0 amide bonds. The van der Waals surface area contributed by atoms with Gasteiger partial charge in [0.15, 0.2) is 0 Å². The van der Waals surface area contributed by atoms with Gasteiger partial charge in [0.1, 0.15) is 5.75 Å². The molecule has 0 heterocycles. The van der Waals surface area contributed by atoms with Gasteiger partial charge in [0.2, 0.25) is 0 Å². The molecular weight excluding hydrogens is 325 g/mol. The van der Waals surface area contributed by atoms with E-state index in [9.17, 15) is 30.4 Å². The molecule has 0 saturated carbocycles. The van der Waals surface area contributed by atoms with E-state index in [-0.39, 0.29) is 0 Å². The fourth-order valence-electron chi connectivity index (χ4n) is 1.10. The quantitative estimate of drug-likeness (QED) is 0.261. The van der Waals surface area contributed by atoms with Gasteiger partial charge in [-0.15, -0.1) is 18.0 Å². The second kappa shape index (κ2) is 5.71. The molecule has 1 aromatic rings. The highest BCUT2D eigenvalue weighted by atomic mass is 32.3. The van der Waals surface area contributed by atoms with E-state index in [1.807, 2.05) is 0 Å². The van der Waals surface area contributed by atoms with Crippen LogP contribution in [0.2, 0.25) is 0 Å². The van der Waals surface area contributed by atoms with Crippen LogP contribution in [0.25, 0.3) is 5.53 Å². The Morgan fingerprint density at radius 3 is 2.15 bits per heavy atom. The molecule has 0 radical (unpaired) electrons. The van der Waals surface area contributed by atoms with Crippen molar-refractivity contribution in [3.63, 3.8) is 0 Å². The van der Waals surface area contributed by atoms with Crippen molar-refractivity contribution in [3.8, 4) is 5.75 Å². The molecule has 20 heavy (non-hydrogen) atoms. The lowest BCUT2D eigenvalue weighted by Gasteiger charge is -2.09. The summed E-state index contributed by atoms with van der Waals surface area (Å²) in [5.41, 5.74) is 8.34. The zero-order valence-electron chi connectivity index (χ0n) is 9.20. The Bertz CT molecular complexity index is 677. The van der Waals surface area contributed by atoms with Gasteiger partial charge < -0.3 is 14.8 Å². The first-order chi connectivity index (χ1) is 9.08. The number of sulfone groups is 1. The number of nitrogens with zero attached hydrogens (tertiary/aromatic N) is 2. The predicted molar refractivity (Wildman–Crippen MR) is 57.9 cm³/mol. The first-order valence-corrected chi connectivity index (χ1v) is 7.06. The molecule has 0 aliphatic carbocycles. The van der Waals surface area contributed by atoms with Crippen molar-refractivity contribution >= 4 is 25.3 Å². The molecule has 1 atom stereocenters. The van der Waals surface area contributed by atoms with Gasteiger partial charge in [-0.2, -0.15) is 0 Å². The Kier molecular flexibility index (Phi) is 4.65. The van der Waals surface area contributed by atoms with E-state index in [1.54, 1.807) is 0 Å². The first-order valence-electron chi connectivity index (χ1n) is 4.50. The molecule has 0 aliphatic rings. The van der Waals surface area contributed by atoms with Crippen LogP contribution in [0, 0.1) is 0 Å². The van der Waals surface area contributed by atoms with E-state index < -0.39 is 42.3 Å². The number of halogens is 3. The lowest BCUT2D eigenvalue weighted by Crippen LogP contribution is -2.21. The Balaban J connectivity index is 3.17. The van der Waals surface area contributed by atoms with Crippen LogP contribution in [0.5, 0.6) is 5.75 Å². The number of ether oxygens (including phenoxy) is 1. The lowest BCUT2D eigenvalue weighted by molar-refractivity contribution is -0.274. The zero-order chi connectivity index (χ0) is 15.6. The van der Waals surface area contributed by atoms with Crippen molar-refractivity contribution in [1.29, 1.82) is 0 Å². The van der Waals surface area contributed by atoms with Crippen molar-refractivity contribution in [2.24, 2.45) is 0 Å². The summed E-state index contributed by atoms with van der Waals surface area (Å²) in [6.45, 7) is 0. The molecule has 1 aromatic carbocycles. The molecule has 0 aliphatic heterocycles. The molecule has 7 nitrogen and oxygen atoms in total. The topological polar surface area (TPSA) is 120 Å². The standard InChI is InChI=1S/C8H5F3N2O5S2/c9-8(10,11)18-5-1-3-6(4-2-5)20(16,17)7(13-12)19(14)15/h1-4H,(H,14,15)/p-1. The largest absolute Gasteiger partial charge is 0.763 e. The van der Waals surface area contributed by atoms with E-state index in [0.29, 0.717) is 24.3 Å². The van der Waals surface area contributed by atoms with E-state index in [0.717, 1.165) is 0 Å². The minimum atomic E-state index is -4.95. The van der Waals surface area contributed by atoms with E-state index in [4.69, 9.17) is 5.53 Å². The van der Waals surface area contributed by atoms with Crippen molar-refractivity contribution in [2.45, 2.75) is 11.3 Å². The van der Waals surface area contributed by atoms with E-state index >= 15 is 0 Å². The van der Waals surface area contributed by atoms with Crippen molar-refractivity contribution < 1.29 is 39.9 Å². The summed E-state index contributed by atoms with van der Waals surface area (Å²) in [6.07, 6.45) is -4.95. The average Bonchev–Trinajstić information content (AvgIpc) is 2.27. The number of benzene rings is 1. The van der Waals surface area contributed by atoms with Crippen LogP contribution in [0.15, 0.2) is 29.2 Å². The molecule has 1 unspecified atom stereocenters. The third-order valence-electron chi connectivity index (χ3n) is 1.82. The minimum Gasteiger partial charge on any atom is -0.763 e. The molecule has 0 spiro atoms. The van der Waals surface area contributed by atoms with Gasteiger partial charge in [0.25, 0.3) is 9.84 Å². The van der Waals surface area contributed by atoms with Crippen molar-refractivity contribution in [2.75, 3.05) is 0 Å². The highest BCUT2D eigenvalue weighted by molar-refractivity contribution is 8.26. The van der Waals surface area contributed by atoms with Gasteiger partial charge in [0.05, 0.1) is 16.0 Å². The molecule has 1 rings (SSSR count). The summed E-state index contributed by atoms with van der Waals surface area (Å²) >= 11 is -3.34. The fourth-order valence-corrected chi connectivity index (χ4v) is 2.97. The van der Waals surface area contributed by atoms with Crippen LogP contribution >= 0.6 is 0 Å². The summed E-state index contributed by atoms with van der Waals surface area (Å²) in [4.78, 5) is 1.45. The summed E-state index contributed by atoms with van der Waals surface area (Å²) in [5, 5.41) is 0. The Labute approximate surface area is 112 Å². The van der Waals surface area contributed by atoms with Crippen LogP contribution in [0.3, 0.4) is 0 Å². The van der Waals surface area contributed by atoms with Crippen LogP contribution < -0.4 is 4.74 Å². The Morgan fingerprint density at radius 1 is 1.30 bits per heavy atom. The first kappa shape index (κ1) is 16.3. The lowest BCUT2D eigenvalue weighted by atomic mass is 10.3. The van der Waals surface area contributed by atoms with Gasteiger partial charge in [0, 0.05) is 0 Å². The summed E-state index contributed by atoms with van der Waals surface area (Å²) < 4.78 is 82.1. The van der Waals surface area contributed by atoms with E-state index in [2.05, 4.69) is 9.53 Å². The van der Waals surface area contributed by atoms with E-state index in [1.165, 1.54) is 0 Å². The van der Waals surface area contributed by atoms with Gasteiger partial charge in [-0.1, -0.05) is 0 Å². The summed E-state index contributed by atoms with van der Waals surface area (Å²) in [5.74, 6) is -0.692. The molecule has 110 valence electrons. The molecule has 0 aromatic heterocycles. The molecule has 0 fully saturated rings. The minimum absolute atomic E-state index is 0.670. The van der Waals surface area contributed by atoms with Crippen LogP contribution in [-0.2, 0) is 20.9 Å². The third kappa shape index (κ3) is 3.87. The zero-order valence-corrected chi connectivity index (χ0v) is 10.8. The van der Waals surface area contributed by atoms with Crippen molar-refractivity contribution in [1.82, 2.24) is 0 Å². The Hall–Kier alpha value is -1.75. The number of hydrogen-bond acceptors (Lipinski definition) is 5.